The fourth-order valence-electron chi connectivity index (χ4n) is 2.72. The molecule has 0 atom stereocenters. The number of nitrogens with zero attached hydrogens (tertiary/aromatic N) is 2. The highest BCUT2D eigenvalue weighted by Gasteiger charge is 2.03. The molecule has 0 N–H and O–H groups in total. The Balaban J connectivity index is 1.65. The van der Waals surface area contributed by atoms with Gasteiger partial charge in [0, 0.05) is 46.1 Å². The van der Waals surface area contributed by atoms with Crippen molar-refractivity contribution in [1.29, 1.82) is 0 Å². The third kappa shape index (κ3) is 3.44. The van der Waals surface area contributed by atoms with E-state index >= 15 is 0 Å². The Morgan fingerprint density at radius 1 is 0.885 bits per heavy atom. The van der Waals surface area contributed by atoms with Crippen molar-refractivity contribution in [2.75, 3.05) is 0 Å². The first kappa shape index (κ1) is 16.3. The second-order valence-electron chi connectivity index (χ2n) is 5.80. The van der Waals surface area contributed by atoms with E-state index in [-0.39, 0.29) is 5.12 Å². The Bertz CT molecular complexity index is 1190. The van der Waals surface area contributed by atoms with Crippen LogP contribution in [0.1, 0.15) is 18.1 Å². The average molecular weight is 354 g/mol. The number of fused-ring (bicyclic) bond motifs is 3. The van der Waals surface area contributed by atoms with Gasteiger partial charge < -0.3 is 0 Å². The van der Waals surface area contributed by atoms with Crippen molar-refractivity contribution in [3.8, 4) is 11.8 Å². The van der Waals surface area contributed by atoms with E-state index in [1.54, 1.807) is 19.3 Å². The minimum absolute atomic E-state index is 0.0769. The Morgan fingerprint density at radius 3 is 2.42 bits per heavy atom. The van der Waals surface area contributed by atoms with E-state index in [0.29, 0.717) is 0 Å². The Morgan fingerprint density at radius 2 is 1.62 bits per heavy atom. The first-order chi connectivity index (χ1) is 12.7. The predicted molar refractivity (Wildman–Crippen MR) is 106 cm³/mol. The van der Waals surface area contributed by atoms with Crippen LogP contribution >= 0.6 is 11.8 Å². The summed E-state index contributed by atoms with van der Waals surface area (Å²) in [4.78, 5) is 21.0. The van der Waals surface area contributed by atoms with E-state index in [1.807, 2.05) is 48.5 Å². The lowest BCUT2D eigenvalue weighted by Gasteiger charge is -2.02. The molecular weight excluding hydrogens is 340 g/mol. The molecule has 2 aromatic heterocycles. The Labute approximate surface area is 155 Å². The van der Waals surface area contributed by atoms with Gasteiger partial charge in [-0.3, -0.25) is 14.8 Å². The summed E-state index contributed by atoms with van der Waals surface area (Å²) in [5, 5.41) is 2.18. The SMILES string of the molecule is CC(=O)Sc1ccc(C#Cc2cnc3c(ccc4cccnc43)c2)cc1. The monoisotopic (exact) mass is 354 g/mol. The van der Waals surface area contributed by atoms with Crippen molar-refractivity contribution in [1.82, 2.24) is 9.97 Å². The van der Waals surface area contributed by atoms with Gasteiger partial charge in [-0.1, -0.05) is 41.8 Å². The summed E-state index contributed by atoms with van der Waals surface area (Å²) in [5.74, 6) is 6.30. The second kappa shape index (κ2) is 6.99. The predicted octanol–water partition coefficient (Wildman–Crippen LogP) is 4.82. The Hall–Kier alpha value is -3.16. The highest BCUT2D eigenvalue weighted by Crippen LogP contribution is 2.22. The molecule has 2 heterocycles. The van der Waals surface area contributed by atoms with Gasteiger partial charge in [-0.15, -0.1) is 0 Å². The van der Waals surface area contributed by atoms with Gasteiger partial charge in [0.2, 0.25) is 0 Å². The lowest BCUT2D eigenvalue weighted by atomic mass is 10.1. The van der Waals surface area contributed by atoms with Crippen LogP contribution in [0, 0.1) is 11.8 Å². The Kier molecular flexibility index (Phi) is 4.39. The largest absolute Gasteiger partial charge is 0.287 e. The number of aromatic nitrogens is 2. The van der Waals surface area contributed by atoms with Gasteiger partial charge in [-0.25, -0.2) is 0 Å². The van der Waals surface area contributed by atoms with Crippen LogP contribution in [0.5, 0.6) is 0 Å². The third-order valence-electron chi connectivity index (χ3n) is 3.89. The lowest BCUT2D eigenvalue weighted by Crippen LogP contribution is -1.86. The van der Waals surface area contributed by atoms with Crippen LogP contribution in [-0.2, 0) is 4.79 Å². The molecule has 4 aromatic rings. The van der Waals surface area contributed by atoms with Gasteiger partial charge in [0.15, 0.2) is 5.12 Å². The highest BCUT2D eigenvalue weighted by atomic mass is 32.2. The first-order valence-corrected chi connectivity index (χ1v) is 8.95. The van der Waals surface area contributed by atoms with Crippen LogP contribution in [0.2, 0.25) is 0 Å². The standard InChI is InChI=1S/C22H14N2OS/c1-15(25)26-20-10-6-16(7-11-20)4-5-17-13-19-9-8-18-3-2-12-23-21(18)22(19)24-14-17/h2-3,6-14H,1H3. The number of thioether (sulfide) groups is 1. The number of rotatable bonds is 1. The van der Waals surface area contributed by atoms with Gasteiger partial charge in [-0.05, 0) is 36.4 Å². The number of pyridine rings is 2. The van der Waals surface area contributed by atoms with Crippen LogP contribution < -0.4 is 0 Å². The first-order valence-electron chi connectivity index (χ1n) is 8.13. The van der Waals surface area contributed by atoms with Crippen molar-refractivity contribution in [3.05, 3.63) is 78.1 Å². The van der Waals surface area contributed by atoms with Crippen molar-refractivity contribution < 1.29 is 4.79 Å². The number of carbonyl (C=O) groups is 1. The molecule has 0 spiro atoms. The minimum Gasteiger partial charge on any atom is -0.287 e. The molecule has 0 saturated carbocycles. The molecule has 26 heavy (non-hydrogen) atoms. The van der Waals surface area contributed by atoms with Gasteiger partial charge in [0.05, 0.1) is 11.0 Å². The van der Waals surface area contributed by atoms with Crippen LogP contribution in [0.4, 0.5) is 0 Å². The molecule has 0 saturated heterocycles. The van der Waals surface area contributed by atoms with Crippen molar-refractivity contribution in [2.45, 2.75) is 11.8 Å². The summed E-state index contributed by atoms with van der Waals surface area (Å²) in [6.07, 6.45) is 3.56. The zero-order chi connectivity index (χ0) is 17.9. The minimum atomic E-state index is 0.0769. The molecule has 3 nitrogen and oxygen atoms in total. The highest BCUT2D eigenvalue weighted by molar-refractivity contribution is 8.13. The van der Waals surface area contributed by atoms with Crippen molar-refractivity contribution >= 4 is 38.7 Å². The molecule has 0 aliphatic rings. The molecule has 4 rings (SSSR count). The number of benzene rings is 2. The summed E-state index contributed by atoms with van der Waals surface area (Å²) in [5.41, 5.74) is 3.55. The number of carbonyl (C=O) groups excluding carboxylic acids is 1. The topological polar surface area (TPSA) is 42.9 Å². The van der Waals surface area contributed by atoms with E-state index in [2.05, 4.69) is 27.9 Å². The molecule has 0 aliphatic heterocycles. The quantitative estimate of drug-likeness (QED) is 0.279. The molecule has 0 radical (unpaired) electrons. The summed E-state index contributed by atoms with van der Waals surface area (Å²) in [6, 6.07) is 17.7. The average Bonchev–Trinajstić information content (AvgIpc) is 2.66. The molecule has 124 valence electrons. The van der Waals surface area contributed by atoms with Crippen LogP contribution in [0.15, 0.2) is 71.9 Å². The maximum atomic E-state index is 11.1. The van der Waals surface area contributed by atoms with E-state index in [4.69, 9.17) is 0 Å². The van der Waals surface area contributed by atoms with E-state index in [0.717, 1.165) is 37.8 Å². The van der Waals surface area contributed by atoms with Crippen molar-refractivity contribution in [3.63, 3.8) is 0 Å². The summed E-state index contributed by atoms with van der Waals surface area (Å²) >= 11 is 1.22. The third-order valence-corrected chi connectivity index (χ3v) is 4.69. The van der Waals surface area contributed by atoms with Gasteiger partial charge in [0.1, 0.15) is 0 Å². The number of hydrogen-bond acceptors (Lipinski definition) is 4. The normalized spacial score (nSPS) is 10.5. The molecule has 4 heteroatoms. The summed E-state index contributed by atoms with van der Waals surface area (Å²) in [6.45, 7) is 1.56. The molecule has 0 fully saturated rings. The molecular formula is C22H14N2OS. The van der Waals surface area contributed by atoms with E-state index < -0.39 is 0 Å². The summed E-state index contributed by atoms with van der Waals surface area (Å²) < 4.78 is 0. The van der Waals surface area contributed by atoms with Gasteiger partial charge in [0.25, 0.3) is 0 Å². The second-order valence-corrected chi connectivity index (χ2v) is 7.05. The van der Waals surface area contributed by atoms with Gasteiger partial charge >= 0.3 is 0 Å². The molecule has 0 aliphatic carbocycles. The molecule has 0 unspecified atom stereocenters. The van der Waals surface area contributed by atoms with E-state index in [1.165, 1.54) is 11.8 Å². The van der Waals surface area contributed by atoms with Crippen LogP contribution in [0.25, 0.3) is 21.8 Å². The van der Waals surface area contributed by atoms with Crippen LogP contribution in [0.3, 0.4) is 0 Å². The molecule has 0 bridgehead atoms. The van der Waals surface area contributed by atoms with Crippen LogP contribution in [-0.4, -0.2) is 15.1 Å². The lowest BCUT2D eigenvalue weighted by molar-refractivity contribution is -0.109. The number of hydrogen-bond donors (Lipinski definition) is 0. The summed E-state index contributed by atoms with van der Waals surface area (Å²) in [7, 11) is 0. The maximum absolute atomic E-state index is 11.1. The maximum Gasteiger partial charge on any atom is 0.190 e. The van der Waals surface area contributed by atoms with Crippen molar-refractivity contribution in [2.24, 2.45) is 0 Å². The smallest absolute Gasteiger partial charge is 0.190 e. The zero-order valence-electron chi connectivity index (χ0n) is 14.1. The zero-order valence-corrected chi connectivity index (χ0v) is 14.9. The fourth-order valence-corrected chi connectivity index (χ4v) is 3.33. The van der Waals surface area contributed by atoms with Gasteiger partial charge in [-0.2, -0.15) is 0 Å². The molecule has 2 aromatic carbocycles. The molecule has 0 amide bonds. The fraction of sp³-hybridized carbons (Fsp3) is 0.0455. The van der Waals surface area contributed by atoms with E-state index in [9.17, 15) is 4.79 Å².